The Morgan fingerprint density at radius 3 is 2.91 bits per heavy atom. The van der Waals surface area contributed by atoms with Crippen LogP contribution in [0.4, 0.5) is 0 Å². The summed E-state index contributed by atoms with van der Waals surface area (Å²) in [6.45, 7) is 0.112. The van der Waals surface area contributed by atoms with Crippen LogP contribution in [-0.4, -0.2) is 29.9 Å². The number of hydrogen-bond donors (Lipinski definition) is 2. The van der Waals surface area contributed by atoms with Gasteiger partial charge in [0.25, 0.3) is 5.91 Å². The van der Waals surface area contributed by atoms with Gasteiger partial charge >= 0.3 is 0 Å². The second kappa shape index (κ2) is 6.70. The molecule has 23 heavy (non-hydrogen) atoms. The van der Waals surface area contributed by atoms with Gasteiger partial charge in [0, 0.05) is 10.0 Å². The van der Waals surface area contributed by atoms with E-state index in [0.29, 0.717) is 17.1 Å². The number of ether oxygens (including phenoxy) is 2. The third-order valence-electron chi connectivity index (χ3n) is 3.17. The molecule has 0 saturated heterocycles. The van der Waals surface area contributed by atoms with Gasteiger partial charge in [-0.05, 0) is 30.3 Å². The Morgan fingerprint density at radius 1 is 1.30 bits per heavy atom. The molecular weight excluding hydrogens is 364 g/mol. The molecule has 0 radical (unpaired) electrons. The predicted molar refractivity (Wildman–Crippen MR) is 87.9 cm³/mol. The molecule has 2 N–H and O–H groups in total. The van der Waals surface area contributed by atoms with Crippen LogP contribution in [0.1, 0.15) is 5.56 Å². The van der Waals surface area contributed by atoms with Gasteiger partial charge in [0.2, 0.25) is 6.10 Å². The topological polar surface area (TPSA) is 80.2 Å². The number of hydrogen-bond acceptors (Lipinski definition) is 5. The van der Waals surface area contributed by atoms with Gasteiger partial charge in [-0.3, -0.25) is 4.79 Å². The van der Waals surface area contributed by atoms with Crippen molar-refractivity contribution in [3.05, 3.63) is 52.5 Å². The molecule has 2 aromatic carbocycles. The first-order valence-electron chi connectivity index (χ1n) is 6.83. The fraction of sp³-hybridized carbons (Fsp3) is 0.125. The Morgan fingerprint density at radius 2 is 2.09 bits per heavy atom. The summed E-state index contributed by atoms with van der Waals surface area (Å²) >= 11 is 3.30. The van der Waals surface area contributed by atoms with E-state index < -0.39 is 12.0 Å². The van der Waals surface area contributed by atoms with Crippen LogP contribution in [0.3, 0.4) is 0 Å². The average molecular weight is 377 g/mol. The lowest BCUT2D eigenvalue weighted by Crippen LogP contribution is -2.42. The van der Waals surface area contributed by atoms with Crippen molar-refractivity contribution in [1.29, 1.82) is 0 Å². The number of halogens is 1. The summed E-state index contributed by atoms with van der Waals surface area (Å²) in [5.74, 6) is 0.772. The van der Waals surface area contributed by atoms with Gasteiger partial charge in [-0.15, -0.1) is 0 Å². The smallest absolute Gasteiger partial charge is 0.284 e. The van der Waals surface area contributed by atoms with Crippen LogP contribution >= 0.6 is 15.9 Å². The van der Waals surface area contributed by atoms with Crippen LogP contribution in [0.2, 0.25) is 0 Å². The lowest BCUT2D eigenvalue weighted by molar-refractivity contribution is -0.130. The molecule has 1 atom stereocenters. The number of rotatable bonds is 3. The first-order chi connectivity index (χ1) is 11.1. The summed E-state index contributed by atoms with van der Waals surface area (Å²) in [7, 11) is 0. The molecule has 0 aromatic heterocycles. The highest BCUT2D eigenvalue weighted by Crippen LogP contribution is 2.30. The first-order valence-corrected chi connectivity index (χ1v) is 7.63. The van der Waals surface area contributed by atoms with Crippen molar-refractivity contribution < 1.29 is 19.4 Å². The Hall–Kier alpha value is -2.54. The number of hydrazone groups is 1. The number of benzene rings is 2. The van der Waals surface area contributed by atoms with E-state index in [-0.39, 0.29) is 12.4 Å². The maximum Gasteiger partial charge on any atom is 0.284 e. The first kappa shape index (κ1) is 15.4. The van der Waals surface area contributed by atoms with Crippen molar-refractivity contribution in [2.75, 3.05) is 6.61 Å². The van der Waals surface area contributed by atoms with Crippen LogP contribution in [-0.2, 0) is 4.79 Å². The molecular formula is C16H13BrN2O4. The summed E-state index contributed by atoms with van der Waals surface area (Å²) in [4.78, 5) is 12.0. The average Bonchev–Trinajstić information content (AvgIpc) is 2.57. The summed E-state index contributed by atoms with van der Waals surface area (Å²) in [5, 5.41) is 13.5. The van der Waals surface area contributed by atoms with Crippen molar-refractivity contribution in [2.24, 2.45) is 5.10 Å². The monoisotopic (exact) mass is 376 g/mol. The Kier molecular flexibility index (Phi) is 4.47. The van der Waals surface area contributed by atoms with Gasteiger partial charge in [-0.2, -0.15) is 5.10 Å². The number of para-hydroxylation sites is 2. The second-order valence-electron chi connectivity index (χ2n) is 4.80. The number of carbonyl (C=O) groups excluding carboxylic acids is 1. The minimum Gasteiger partial charge on any atom is -0.507 e. The second-order valence-corrected chi connectivity index (χ2v) is 5.72. The third-order valence-corrected chi connectivity index (χ3v) is 3.66. The fourth-order valence-corrected chi connectivity index (χ4v) is 2.39. The van der Waals surface area contributed by atoms with E-state index in [2.05, 4.69) is 26.5 Å². The lowest BCUT2D eigenvalue weighted by Gasteiger charge is -2.24. The van der Waals surface area contributed by atoms with Gasteiger partial charge in [0.1, 0.15) is 12.4 Å². The summed E-state index contributed by atoms with van der Waals surface area (Å²) in [5.41, 5.74) is 2.86. The van der Waals surface area contributed by atoms with Crippen LogP contribution in [0.15, 0.2) is 52.0 Å². The molecule has 1 aliphatic heterocycles. The minimum atomic E-state index is -0.779. The van der Waals surface area contributed by atoms with E-state index in [1.54, 1.807) is 30.3 Å². The fourth-order valence-electron chi connectivity index (χ4n) is 2.01. The molecule has 1 unspecified atom stereocenters. The van der Waals surface area contributed by atoms with Gasteiger partial charge < -0.3 is 14.6 Å². The Balaban J connectivity index is 1.62. The number of amides is 1. The molecule has 2 aromatic rings. The summed E-state index contributed by atoms with van der Waals surface area (Å²) in [6, 6.07) is 12.1. The molecule has 7 heteroatoms. The zero-order valence-corrected chi connectivity index (χ0v) is 13.5. The Bertz CT molecular complexity index is 763. The lowest BCUT2D eigenvalue weighted by atomic mass is 10.2. The maximum absolute atomic E-state index is 12.0. The van der Waals surface area contributed by atoms with Crippen LogP contribution in [0.25, 0.3) is 0 Å². The molecule has 6 nitrogen and oxygen atoms in total. The van der Waals surface area contributed by atoms with E-state index in [0.717, 1.165) is 4.47 Å². The largest absolute Gasteiger partial charge is 0.507 e. The van der Waals surface area contributed by atoms with Crippen LogP contribution in [0.5, 0.6) is 17.2 Å². The number of nitrogens with zero attached hydrogens (tertiary/aromatic N) is 1. The molecule has 1 aliphatic rings. The molecule has 1 amide bonds. The van der Waals surface area contributed by atoms with E-state index in [9.17, 15) is 9.90 Å². The quantitative estimate of drug-likeness (QED) is 0.636. The highest BCUT2D eigenvalue weighted by molar-refractivity contribution is 9.10. The molecule has 0 saturated carbocycles. The highest BCUT2D eigenvalue weighted by Gasteiger charge is 2.26. The number of phenols is 1. The van der Waals surface area contributed by atoms with E-state index in [1.165, 1.54) is 12.3 Å². The molecule has 0 fully saturated rings. The number of aromatic hydroxyl groups is 1. The van der Waals surface area contributed by atoms with Crippen molar-refractivity contribution in [3.63, 3.8) is 0 Å². The number of fused-ring (bicyclic) bond motifs is 1. The zero-order valence-electron chi connectivity index (χ0n) is 11.9. The number of phenolic OH excluding ortho intramolecular Hbond substituents is 1. The normalized spacial score (nSPS) is 16.3. The molecule has 118 valence electrons. The molecule has 3 rings (SSSR count). The van der Waals surface area contributed by atoms with E-state index in [4.69, 9.17) is 9.47 Å². The van der Waals surface area contributed by atoms with Crippen molar-refractivity contribution in [2.45, 2.75) is 6.10 Å². The predicted octanol–water partition coefficient (Wildman–Crippen LogP) is 2.44. The summed E-state index contributed by atoms with van der Waals surface area (Å²) < 4.78 is 11.8. The molecule has 0 aliphatic carbocycles. The van der Waals surface area contributed by atoms with Gasteiger partial charge in [0.15, 0.2) is 11.5 Å². The number of nitrogens with one attached hydrogen (secondary N) is 1. The van der Waals surface area contributed by atoms with E-state index >= 15 is 0 Å². The van der Waals surface area contributed by atoms with E-state index in [1.807, 2.05) is 6.07 Å². The van der Waals surface area contributed by atoms with Gasteiger partial charge in [-0.1, -0.05) is 28.1 Å². The molecule has 0 bridgehead atoms. The molecule has 1 heterocycles. The van der Waals surface area contributed by atoms with Crippen molar-refractivity contribution in [3.8, 4) is 17.2 Å². The minimum absolute atomic E-state index is 0.0670. The van der Waals surface area contributed by atoms with Crippen LogP contribution in [0, 0.1) is 0 Å². The molecule has 0 spiro atoms. The Labute approximate surface area is 140 Å². The SMILES string of the molecule is O=C(N/N=C\c1cc(Br)ccc1O)C1COc2ccccc2O1. The highest BCUT2D eigenvalue weighted by atomic mass is 79.9. The maximum atomic E-state index is 12.0. The van der Waals surface area contributed by atoms with Gasteiger partial charge in [0.05, 0.1) is 6.21 Å². The third kappa shape index (κ3) is 3.62. The number of carbonyl (C=O) groups is 1. The van der Waals surface area contributed by atoms with Crippen LogP contribution < -0.4 is 14.9 Å². The summed E-state index contributed by atoms with van der Waals surface area (Å²) in [6.07, 6.45) is 0.577. The standard InChI is InChI=1S/C16H13BrN2O4/c17-11-5-6-12(20)10(7-11)8-18-19-16(21)15-9-22-13-3-1-2-4-14(13)23-15/h1-8,15,20H,9H2,(H,19,21)/b18-8-. The zero-order chi connectivity index (χ0) is 16.2. The van der Waals surface area contributed by atoms with Gasteiger partial charge in [-0.25, -0.2) is 5.43 Å². The van der Waals surface area contributed by atoms with Crippen molar-refractivity contribution in [1.82, 2.24) is 5.43 Å². The van der Waals surface area contributed by atoms with Crippen molar-refractivity contribution >= 4 is 28.1 Å².